The molecule has 0 aliphatic carbocycles. The minimum Gasteiger partial charge on any atom is -0.271 e. The van der Waals surface area contributed by atoms with Crippen molar-refractivity contribution in [2.75, 3.05) is 0 Å². The Morgan fingerprint density at radius 1 is 1.18 bits per heavy atom. The van der Waals surface area contributed by atoms with Crippen LogP contribution in [-0.2, 0) is 0 Å². The predicted octanol–water partition coefficient (Wildman–Crippen LogP) is 1.91. The number of aromatic nitrogens is 1. The lowest BCUT2D eigenvalue weighted by atomic mass is 10.0. The Balaban J connectivity index is 2.44. The third-order valence-corrected chi connectivity index (χ3v) is 2.44. The van der Waals surface area contributed by atoms with Crippen LogP contribution in [0.1, 0.15) is 17.2 Å². The number of nitrogens with one attached hydrogen (secondary N) is 1. The van der Waals surface area contributed by atoms with Crippen molar-refractivity contribution < 1.29 is 8.78 Å². The van der Waals surface area contributed by atoms with Crippen LogP contribution in [0.2, 0.25) is 0 Å². The molecule has 1 unspecified atom stereocenters. The highest BCUT2D eigenvalue weighted by molar-refractivity contribution is 5.31. The number of pyridine rings is 1. The summed E-state index contributed by atoms with van der Waals surface area (Å²) in [5, 5.41) is 0. The summed E-state index contributed by atoms with van der Waals surface area (Å²) in [6, 6.07) is 6.83. The number of rotatable bonds is 3. The fourth-order valence-electron chi connectivity index (χ4n) is 1.66. The first-order valence-corrected chi connectivity index (χ1v) is 5.03. The van der Waals surface area contributed by atoms with Crippen LogP contribution in [0.3, 0.4) is 0 Å². The number of hydrogen-bond donors (Lipinski definition) is 2. The van der Waals surface area contributed by atoms with Gasteiger partial charge in [0.25, 0.3) is 0 Å². The van der Waals surface area contributed by atoms with Crippen molar-refractivity contribution in [1.82, 2.24) is 10.4 Å². The smallest absolute Gasteiger partial charge is 0.141 e. The Labute approximate surface area is 97.3 Å². The molecule has 0 radical (unpaired) electrons. The van der Waals surface area contributed by atoms with Gasteiger partial charge in [-0.1, -0.05) is 18.2 Å². The molecule has 1 atom stereocenters. The summed E-state index contributed by atoms with van der Waals surface area (Å²) < 4.78 is 26.7. The lowest BCUT2D eigenvalue weighted by Gasteiger charge is -2.17. The molecule has 0 aliphatic rings. The van der Waals surface area contributed by atoms with E-state index in [1.807, 2.05) is 0 Å². The zero-order valence-electron chi connectivity index (χ0n) is 8.90. The van der Waals surface area contributed by atoms with E-state index in [0.29, 0.717) is 11.1 Å². The number of hydrazine groups is 1. The highest BCUT2D eigenvalue weighted by atomic mass is 19.1. The second-order valence-electron chi connectivity index (χ2n) is 3.56. The maximum Gasteiger partial charge on any atom is 0.141 e. The molecule has 0 saturated carbocycles. The molecule has 2 rings (SSSR count). The van der Waals surface area contributed by atoms with Gasteiger partial charge in [-0.15, -0.1) is 0 Å². The SMILES string of the molecule is NNC(c1cncc(F)c1)c1ccccc1F. The summed E-state index contributed by atoms with van der Waals surface area (Å²) in [6.45, 7) is 0. The van der Waals surface area contributed by atoms with Gasteiger partial charge in [0.05, 0.1) is 12.2 Å². The average molecular weight is 235 g/mol. The molecule has 3 nitrogen and oxygen atoms in total. The lowest BCUT2D eigenvalue weighted by molar-refractivity contribution is 0.553. The first kappa shape index (κ1) is 11.6. The maximum atomic E-state index is 13.6. The molecule has 2 aromatic rings. The van der Waals surface area contributed by atoms with Crippen LogP contribution < -0.4 is 11.3 Å². The minimum absolute atomic E-state index is 0.349. The maximum absolute atomic E-state index is 13.6. The fraction of sp³-hybridized carbons (Fsp3) is 0.0833. The molecule has 17 heavy (non-hydrogen) atoms. The predicted molar refractivity (Wildman–Crippen MR) is 59.8 cm³/mol. The van der Waals surface area contributed by atoms with Crippen molar-refractivity contribution in [3.63, 3.8) is 0 Å². The molecule has 88 valence electrons. The van der Waals surface area contributed by atoms with E-state index in [1.54, 1.807) is 18.2 Å². The molecule has 0 aliphatic heterocycles. The molecule has 0 bridgehead atoms. The molecule has 0 amide bonds. The van der Waals surface area contributed by atoms with Gasteiger partial charge in [0.15, 0.2) is 0 Å². The Morgan fingerprint density at radius 3 is 2.59 bits per heavy atom. The van der Waals surface area contributed by atoms with E-state index < -0.39 is 17.7 Å². The summed E-state index contributed by atoms with van der Waals surface area (Å²) in [4.78, 5) is 3.72. The van der Waals surface area contributed by atoms with Gasteiger partial charge in [0, 0.05) is 11.8 Å². The number of hydrogen-bond acceptors (Lipinski definition) is 3. The summed E-state index contributed by atoms with van der Waals surface area (Å²) >= 11 is 0. The monoisotopic (exact) mass is 235 g/mol. The van der Waals surface area contributed by atoms with Crippen molar-refractivity contribution in [1.29, 1.82) is 0 Å². The number of benzene rings is 1. The standard InChI is InChI=1S/C12H11F2N3/c13-9-5-8(6-16-7-9)12(17-15)10-3-1-2-4-11(10)14/h1-7,12,17H,15H2. The van der Waals surface area contributed by atoms with Gasteiger partial charge >= 0.3 is 0 Å². The second kappa shape index (κ2) is 4.99. The van der Waals surface area contributed by atoms with Gasteiger partial charge < -0.3 is 0 Å². The molecular weight excluding hydrogens is 224 g/mol. The van der Waals surface area contributed by atoms with Crippen molar-refractivity contribution in [3.8, 4) is 0 Å². The van der Waals surface area contributed by atoms with Crippen LogP contribution in [0.15, 0.2) is 42.7 Å². The van der Waals surface area contributed by atoms with E-state index in [2.05, 4.69) is 10.4 Å². The number of halogens is 2. The van der Waals surface area contributed by atoms with E-state index in [9.17, 15) is 8.78 Å². The van der Waals surface area contributed by atoms with Crippen LogP contribution in [0, 0.1) is 11.6 Å². The zero-order valence-corrected chi connectivity index (χ0v) is 8.90. The van der Waals surface area contributed by atoms with Gasteiger partial charge in [0.2, 0.25) is 0 Å². The lowest BCUT2D eigenvalue weighted by Crippen LogP contribution is -2.29. The van der Waals surface area contributed by atoms with Crippen molar-refractivity contribution >= 4 is 0 Å². The highest BCUT2D eigenvalue weighted by Gasteiger charge is 2.16. The van der Waals surface area contributed by atoms with E-state index in [-0.39, 0.29) is 0 Å². The molecule has 0 fully saturated rings. The van der Waals surface area contributed by atoms with Crippen LogP contribution in [0.5, 0.6) is 0 Å². The summed E-state index contributed by atoms with van der Waals surface area (Å²) in [5.74, 6) is 4.50. The minimum atomic E-state index is -0.626. The zero-order chi connectivity index (χ0) is 12.3. The molecule has 0 saturated heterocycles. The fourth-order valence-corrected chi connectivity index (χ4v) is 1.66. The van der Waals surface area contributed by atoms with Gasteiger partial charge in [-0.25, -0.2) is 14.2 Å². The summed E-state index contributed by atoms with van der Waals surface area (Å²) in [6.07, 6.45) is 2.53. The molecular formula is C12H11F2N3. The summed E-state index contributed by atoms with van der Waals surface area (Å²) in [7, 11) is 0. The molecule has 3 N–H and O–H groups in total. The molecule has 1 aromatic carbocycles. The Bertz CT molecular complexity index is 517. The van der Waals surface area contributed by atoms with Crippen LogP contribution >= 0.6 is 0 Å². The third-order valence-electron chi connectivity index (χ3n) is 2.44. The van der Waals surface area contributed by atoms with Crippen molar-refractivity contribution in [3.05, 3.63) is 65.5 Å². The first-order valence-electron chi connectivity index (χ1n) is 5.03. The van der Waals surface area contributed by atoms with E-state index in [4.69, 9.17) is 5.84 Å². The van der Waals surface area contributed by atoms with Gasteiger partial charge in [-0.2, -0.15) is 0 Å². The Hall–Kier alpha value is -1.85. The topological polar surface area (TPSA) is 50.9 Å². The Kier molecular flexibility index (Phi) is 3.41. The highest BCUT2D eigenvalue weighted by Crippen LogP contribution is 2.23. The van der Waals surface area contributed by atoms with Crippen LogP contribution in [0.4, 0.5) is 8.78 Å². The van der Waals surface area contributed by atoms with Gasteiger partial charge in [-0.05, 0) is 17.7 Å². The van der Waals surface area contributed by atoms with E-state index in [0.717, 1.165) is 6.20 Å². The van der Waals surface area contributed by atoms with Crippen molar-refractivity contribution in [2.24, 2.45) is 5.84 Å². The number of nitrogens with two attached hydrogens (primary N) is 1. The van der Waals surface area contributed by atoms with Crippen LogP contribution in [0.25, 0.3) is 0 Å². The summed E-state index contributed by atoms with van der Waals surface area (Å²) in [5.41, 5.74) is 3.28. The Morgan fingerprint density at radius 2 is 1.94 bits per heavy atom. The molecule has 1 heterocycles. The van der Waals surface area contributed by atoms with E-state index >= 15 is 0 Å². The third kappa shape index (κ3) is 2.46. The molecule has 0 spiro atoms. The normalized spacial score (nSPS) is 12.4. The van der Waals surface area contributed by atoms with E-state index in [1.165, 1.54) is 18.3 Å². The largest absolute Gasteiger partial charge is 0.271 e. The van der Waals surface area contributed by atoms with Gasteiger partial charge in [-0.3, -0.25) is 10.8 Å². The molecule has 5 heteroatoms. The number of nitrogens with zero attached hydrogens (tertiary/aromatic N) is 1. The van der Waals surface area contributed by atoms with Crippen molar-refractivity contribution in [2.45, 2.75) is 6.04 Å². The quantitative estimate of drug-likeness (QED) is 0.631. The second-order valence-corrected chi connectivity index (χ2v) is 3.56. The average Bonchev–Trinajstić information content (AvgIpc) is 2.33. The van der Waals surface area contributed by atoms with Crippen LogP contribution in [-0.4, -0.2) is 4.98 Å². The first-order chi connectivity index (χ1) is 8.22. The molecule has 1 aromatic heterocycles. The van der Waals surface area contributed by atoms with Gasteiger partial charge in [0.1, 0.15) is 11.6 Å².